The van der Waals surface area contributed by atoms with Gasteiger partial charge in [-0.15, -0.1) is 0 Å². The summed E-state index contributed by atoms with van der Waals surface area (Å²) in [6.45, 7) is 3.66. The fourth-order valence-electron chi connectivity index (χ4n) is 4.53. The van der Waals surface area contributed by atoms with E-state index in [4.69, 9.17) is 9.47 Å². The Hall–Kier alpha value is -4.42. The standard InChI is InChI=1S/C30H23BrFN3O6S/c1-3-40-29(37)26-17(2)33-30-34(27(26)19-6-9-22(32)10-7-19)28(36)25(42-30)15-20-14-21(31)8-13-24(20)41-16-18-4-11-23(12-5-18)35(38)39/h4-15,27H,3,16H2,1-2H3/b25-15-/t27-/m0/s1. The van der Waals surface area contributed by atoms with Crippen molar-refractivity contribution in [1.82, 2.24) is 4.57 Å². The van der Waals surface area contributed by atoms with Crippen molar-refractivity contribution in [3.8, 4) is 5.75 Å². The van der Waals surface area contributed by atoms with Crippen LogP contribution < -0.4 is 19.6 Å². The van der Waals surface area contributed by atoms with Crippen LogP contribution in [-0.4, -0.2) is 22.1 Å². The zero-order valence-electron chi connectivity index (χ0n) is 22.4. The second kappa shape index (κ2) is 12.2. The second-order valence-corrected chi connectivity index (χ2v) is 11.2. The molecule has 0 saturated carbocycles. The Labute approximate surface area is 251 Å². The normalized spacial score (nSPS) is 14.8. The lowest BCUT2D eigenvalue weighted by molar-refractivity contribution is -0.384. The molecule has 0 N–H and O–H groups in total. The van der Waals surface area contributed by atoms with Gasteiger partial charge < -0.3 is 9.47 Å². The van der Waals surface area contributed by atoms with Gasteiger partial charge in [0.2, 0.25) is 0 Å². The molecule has 9 nitrogen and oxygen atoms in total. The van der Waals surface area contributed by atoms with Crippen LogP contribution in [0.1, 0.15) is 36.6 Å². The van der Waals surface area contributed by atoms with E-state index in [-0.39, 0.29) is 30.0 Å². The van der Waals surface area contributed by atoms with E-state index in [1.165, 1.54) is 41.0 Å². The Morgan fingerprint density at radius 3 is 2.55 bits per heavy atom. The average molecular weight is 652 g/mol. The van der Waals surface area contributed by atoms with Crippen LogP contribution in [0.15, 0.2) is 92.3 Å². The molecule has 0 aliphatic carbocycles. The molecule has 4 aromatic rings. The van der Waals surface area contributed by atoms with Gasteiger partial charge in [-0.1, -0.05) is 39.4 Å². The van der Waals surface area contributed by atoms with E-state index < -0.39 is 22.8 Å². The summed E-state index contributed by atoms with van der Waals surface area (Å²) in [5.74, 6) is -0.558. The summed E-state index contributed by atoms with van der Waals surface area (Å²) in [6, 6.07) is 16.2. The second-order valence-electron chi connectivity index (χ2n) is 9.25. The highest BCUT2D eigenvalue weighted by molar-refractivity contribution is 9.10. The lowest BCUT2D eigenvalue weighted by Crippen LogP contribution is -2.39. The third-order valence-corrected chi connectivity index (χ3v) is 7.98. The number of fused-ring (bicyclic) bond motifs is 1. The summed E-state index contributed by atoms with van der Waals surface area (Å²) < 4.78 is 27.6. The van der Waals surface area contributed by atoms with Crippen molar-refractivity contribution in [2.24, 2.45) is 4.99 Å². The number of hydrogen-bond acceptors (Lipinski definition) is 8. The number of ether oxygens (including phenoxy) is 2. The fourth-order valence-corrected chi connectivity index (χ4v) is 5.95. The van der Waals surface area contributed by atoms with Crippen LogP contribution in [0, 0.1) is 15.9 Å². The quantitative estimate of drug-likeness (QED) is 0.147. The molecule has 3 aromatic carbocycles. The van der Waals surface area contributed by atoms with E-state index in [1.807, 2.05) is 0 Å². The topological polar surface area (TPSA) is 113 Å². The van der Waals surface area contributed by atoms with Crippen molar-refractivity contribution >= 4 is 45.0 Å². The van der Waals surface area contributed by atoms with Crippen molar-refractivity contribution in [1.29, 1.82) is 0 Å². The molecule has 0 radical (unpaired) electrons. The number of aromatic nitrogens is 1. The molecule has 12 heteroatoms. The van der Waals surface area contributed by atoms with Crippen molar-refractivity contribution in [3.63, 3.8) is 0 Å². The van der Waals surface area contributed by atoms with Gasteiger partial charge >= 0.3 is 5.97 Å². The number of esters is 1. The molecule has 0 unspecified atom stereocenters. The van der Waals surface area contributed by atoms with Crippen LogP contribution in [0.4, 0.5) is 10.1 Å². The highest BCUT2D eigenvalue weighted by atomic mass is 79.9. The molecule has 42 heavy (non-hydrogen) atoms. The Bertz CT molecular complexity index is 1900. The Morgan fingerprint density at radius 2 is 1.88 bits per heavy atom. The average Bonchev–Trinajstić information content (AvgIpc) is 3.26. The zero-order valence-corrected chi connectivity index (χ0v) is 24.8. The van der Waals surface area contributed by atoms with Crippen molar-refractivity contribution in [2.45, 2.75) is 26.5 Å². The minimum absolute atomic E-state index is 0.0150. The zero-order chi connectivity index (χ0) is 30.0. The van der Waals surface area contributed by atoms with Gasteiger partial charge in [0.05, 0.1) is 33.4 Å². The first-order valence-corrected chi connectivity index (χ1v) is 14.4. The molecular formula is C30H23BrFN3O6S. The van der Waals surface area contributed by atoms with Crippen LogP contribution in [0.5, 0.6) is 5.75 Å². The highest BCUT2D eigenvalue weighted by Crippen LogP contribution is 2.31. The van der Waals surface area contributed by atoms with Crippen LogP contribution in [0.3, 0.4) is 0 Å². The molecule has 0 fully saturated rings. The van der Waals surface area contributed by atoms with Gasteiger partial charge in [-0.25, -0.2) is 14.2 Å². The summed E-state index contributed by atoms with van der Waals surface area (Å²) in [6.07, 6.45) is 1.69. The lowest BCUT2D eigenvalue weighted by atomic mass is 9.96. The number of nitro groups is 1. The van der Waals surface area contributed by atoms with Crippen LogP contribution in [0.2, 0.25) is 0 Å². The number of thiazole rings is 1. The number of carbonyl (C=O) groups excluding carboxylic acids is 1. The molecule has 0 amide bonds. The van der Waals surface area contributed by atoms with E-state index in [0.717, 1.165) is 21.4 Å². The van der Waals surface area contributed by atoms with Gasteiger partial charge in [-0.2, -0.15) is 0 Å². The molecule has 2 heterocycles. The summed E-state index contributed by atoms with van der Waals surface area (Å²) in [5.41, 5.74) is 2.09. The fraction of sp³-hybridized carbons (Fsp3) is 0.167. The molecule has 5 rings (SSSR count). The van der Waals surface area contributed by atoms with E-state index in [1.54, 1.807) is 50.3 Å². The SMILES string of the molecule is CCOC(=O)C1=C(C)N=c2s/c(=C\c3cc(Br)ccc3OCc3ccc([N+](=O)[O-])cc3)c(=O)n2[C@H]1c1ccc(F)cc1. The van der Waals surface area contributed by atoms with Crippen molar-refractivity contribution < 1.29 is 23.6 Å². The summed E-state index contributed by atoms with van der Waals surface area (Å²) in [7, 11) is 0. The van der Waals surface area contributed by atoms with Crippen molar-refractivity contribution in [2.75, 3.05) is 6.61 Å². The minimum atomic E-state index is -0.858. The first-order chi connectivity index (χ1) is 20.2. The number of nitrogens with zero attached hydrogens (tertiary/aromatic N) is 3. The van der Waals surface area contributed by atoms with E-state index >= 15 is 0 Å². The van der Waals surface area contributed by atoms with E-state index in [2.05, 4.69) is 20.9 Å². The van der Waals surface area contributed by atoms with Gasteiger partial charge in [0.1, 0.15) is 18.2 Å². The lowest BCUT2D eigenvalue weighted by Gasteiger charge is -2.24. The third kappa shape index (κ3) is 5.95. The molecule has 0 spiro atoms. The van der Waals surface area contributed by atoms with Gasteiger partial charge in [0.25, 0.3) is 11.2 Å². The smallest absolute Gasteiger partial charge is 0.338 e. The van der Waals surface area contributed by atoms with Gasteiger partial charge in [0.15, 0.2) is 4.80 Å². The minimum Gasteiger partial charge on any atom is -0.488 e. The third-order valence-electron chi connectivity index (χ3n) is 6.50. The van der Waals surface area contributed by atoms with E-state index in [9.17, 15) is 24.1 Å². The summed E-state index contributed by atoms with van der Waals surface area (Å²) >= 11 is 4.62. The highest BCUT2D eigenvalue weighted by Gasteiger charge is 2.33. The van der Waals surface area contributed by atoms with Crippen molar-refractivity contribution in [3.05, 3.63) is 135 Å². The predicted octanol–water partition coefficient (Wildman–Crippen LogP) is 5.19. The van der Waals surface area contributed by atoms with Gasteiger partial charge in [-0.05, 0) is 73.5 Å². The number of carbonyl (C=O) groups is 1. The molecule has 1 aromatic heterocycles. The van der Waals surface area contributed by atoms with Gasteiger partial charge in [-0.3, -0.25) is 19.5 Å². The number of hydrogen-bond donors (Lipinski definition) is 0. The molecule has 0 bridgehead atoms. The largest absolute Gasteiger partial charge is 0.488 e. The van der Waals surface area contributed by atoms with E-state index in [0.29, 0.717) is 31.9 Å². The number of non-ortho nitro benzene ring substituents is 1. The number of allylic oxidation sites excluding steroid dienone is 1. The number of rotatable bonds is 8. The number of benzene rings is 3. The number of nitro benzene ring substituents is 1. The molecule has 0 saturated heterocycles. The molecule has 1 atom stereocenters. The van der Waals surface area contributed by atoms with Gasteiger partial charge in [0, 0.05) is 22.2 Å². The Morgan fingerprint density at radius 1 is 1.17 bits per heavy atom. The monoisotopic (exact) mass is 651 g/mol. The summed E-state index contributed by atoms with van der Waals surface area (Å²) in [5, 5.41) is 10.9. The van der Waals surface area contributed by atoms with Crippen LogP contribution >= 0.6 is 27.3 Å². The Balaban J connectivity index is 1.57. The summed E-state index contributed by atoms with van der Waals surface area (Å²) in [4.78, 5) is 42.3. The maximum atomic E-state index is 13.9. The Kier molecular flexibility index (Phi) is 8.46. The number of halogens is 2. The first-order valence-electron chi connectivity index (χ1n) is 12.8. The maximum Gasteiger partial charge on any atom is 0.338 e. The van der Waals surface area contributed by atoms with Crippen LogP contribution in [0.25, 0.3) is 6.08 Å². The predicted molar refractivity (Wildman–Crippen MR) is 158 cm³/mol. The molecule has 214 valence electrons. The maximum absolute atomic E-state index is 13.9. The molecule has 1 aliphatic rings. The first kappa shape index (κ1) is 29.1. The molecule has 1 aliphatic heterocycles. The molecular weight excluding hydrogens is 629 g/mol. The van der Waals surface area contributed by atoms with Crippen LogP contribution in [-0.2, 0) is 16.1 Å².